The Hall–Kier alpha value is -1.59. The van der Waals surface area contributed by atoms with Crippen molar-refractivity contribution in [1.29, 1.82) is 0 Å². The average Bonchev–Trinajstić information content (AvgIpc) is 3.17. The van der Waals surface area contributed by atoms with Gasteiger partial charge in [-0.3, -0.25) is 0 Å². The van der Waals surface area contributed by atoms with E-state index in [0.717, 1.165) is 29.7 Å². The quantitative estimate of drug-likeness (QED) is 0.595. The molecule has 5 heteroatoms. The molecule has 0 aliphatic carbocycles. The van der Waals surface area contributed by atoms with Crippen molar-refractivity contribution in [3.8, 4) is 10.7 Å². The molecule has 0 aliphatic rings. The number of rotatable bonds is 6. The molecule has 0 bridgehead atoms. The fourth-order valence-corrected chi connectivity index (χ4v) is 3.88. The highest BCUT2D eigenvalue weighted by molar-refractivity contribution is 7.98. The van der Waals surface area contributed by atoms with E-state index >= 15 is 0 Å². The normalized spacial score (nSPS) is 11.0. The van der Waals surface area contributed by atoms with Crippen LogP contribution in [0.4, 0.5) is 0 Å². The first-order valence-electron chi connectivity index (χ1n) is 7.43. The summed E-state index contributed by atoms with van der Waals surface area (Å²) in [7, 11) is 0. The fraction of sp³-hybridized carbons (Fsp3) is 0.294. The van der Waals surface area contributed by atoms with E-state index in [-0.39, 0.29) is 0 Å². The lowest BCUT2D eigenvalue weighted by molar-refractivity contribution is 0.627. The van der Waals surface area contributed by atoms with E-state index in [9.17, 15) is 0 Å². The van der Waals surface area contributed by atoms with Gasteiger partial charge in [0.05, 0.1) is 4.88 Å². The lowest BCUT2D eigenvalue weighted by Crippen LogP contribution is -2.01. The molecule has 0 saturated heterocycles. The molecule has 3 rings (SSSR count). The Morgan fingerprint density at radius 2 is 1.95 bits per heavy atom. The first kappa shape index (κ1) is 15.3. The summed E-state index contributed by atoms with van der Waals surface area (Å²) in [6.45, 7) is 5.26. The van der Waals surface area contributed by atoms with Crippen LogP contribution in [-0.2, 0) is 12.3 Å². The summed E-state index contributed by atoms with van der Waals surface area (Å²) in [6, 6.07) is 12.8. The van der Waals surface area contributed by atoms with Crippen molar-refractivity contribution in [2.45, 2.75) is 37.7 Å². The molecule has 2 heterocycles. The second-order valence-electron chi connectivity index (χ2n) is 5.21. The molecule has 0 N–H and O–H groups in total. The zero-order chi connectivity index (χ0) is 15.4. The standard InChI is InChI=1S/C17H19N3S2/c1-3-10-20-16(15-5-4-11-21-15)18-19-17(20)22-12-14-8-6-13(2)7-9-14/h4-9,11H,3,10,12H2,1-2H3. The van der Waals surface area contributed by atoms with Crippen LogP contribution in [0.5, 0.6) is 0 Å². The third kappa shape index (κ3) is 3.42. The van der Waals surface area contributed by atoms with Crippen LogP contribution in [0, 0.1) is 6.92 Å². The Balaban J connectivity index is 1.79. The number of aromatic nitrogens is 3. The van der Waals surface area contributed by atoms with E-state index in [1.54, 1.807) is 23.1 Å². The van der Waals surface area contributed by atoms with Gasteiger partial charge in [0, 0.05) is 12.3 Å². The molecular formula is C17H19N3S2. The van der Waals surface area contributed by atoms with Crippen LogP contribution in [0.2, 0.25) is 0 Å². The number of hydrogen-bond acceptors (Lipinski definition) is 4. The number of thioether (sulfide) groups is 1. The Morgan fingerprint density at radius 1 is 1.14 bits per heavy atom. The molecule has 22 heavy (non-hydrogen) atoms. The minimum Gasteiger partial charge on any atom is -0.301 e. The number of thiophene rings is 1. The Labute approximate surface area is 139 Å². The fourth-order valence-electron chi connectivity index (χ4n) is 2.24. The van der Waals surface area contributed by atoms with Crippen LogP contribution in [0.15, 0.2) is 46.9 Å². The molecule has 114 valence electrons. The SMILES string of the molecule is CCCn1c(SCc2ccc(C)cc2)nnc1-c1cccs1. The lowest BCUT2D eigenvalue weighted by atomic mass is 10.2. The molecule has 3 nitrogen and oxygen atoms in total. The summed E-state index contributed by atoms with van der Waals surface area (Å²) in [4.78, 5) is 1.18. The van der Waals surface area contributed by atoms with E-state index in [2.05, 4.69) is 70.4 Å². The van der Waals surface area contributed by atoms with Gasteiger partial charge in [-0.05, 0) is 30.4 Å². The molecule has 0 atom stereocenters. The highest BCUT2D eigenvalue weighted by atomic mass is 32.2. The van der Waals surface area contributed by atoms with Gasteiger partial charge in [-0.1, -0.05) is 54.6 Å². The average molecular weight is 329 g/mol. The monoisotopic (exact) mass is 329 g/mol. The highest BCUT2D eigenvalue weighted by Crippen LogP contribution is 2.29. The van der Waals surface area contributed by atoms with E-state index in [4.69, 9.17) is 0 Å². The Kier molecular flexibility index (Phi) is 4.95. The van der Waals surface area contributed by atoms with E-state index in [1.807, 2.05) is 0 Å². The maximum atomic E-state index is 4.41. The molecule has 1 aromatic carbocycles. The van der Waals surface area contributed by atoms with Gasteiger partial charge >= 0.3 is 0 Å². The third-order valence-corrected chi connectivity index (χ3v) is 5.30. The zero-order valence-corrected chi connectivity index (χ0v) is 14.5. The summed E-state index contributed by atoms with van der Waals surface area (Å²) in [5.41, 5.74) is 2.61. The summed E-state index contributed by atoms with van der Waals surface area (Å²) in [6.07, 6.45) is 1.08. The first-order valence-corrected chi connectivity index (χ1v) is 9.30. The van der Waals surface area contributed by atoms with Gasteiger partial charge in [0.25, 0.3) is 0 Å². The molecule has 0 spiro atoms. The molecule has 0 saturated carbocycles. The minimum atomic E-state index is 0.923. The minimum absolute atomic E-state index is 0.923. The van der Waals surface area contributed by atoms with Crippen molar-refractivity contribution in [2.24, 2.45) is 0 Å². The van der Waals surface area contributed by atoms with Gasteiger partial charge < -0.3 is 4.57 Å². The summed E-state index contributed by atoms with van der Waals surface area (Å²) >= 11 is 3.47. The van der Waals surface area contributed by atoms with Gasteiger partial charge in [0.2, 0.25) is 0 Å². The molecule has 0 unspecified atom stereocenters. The van der Waals surface area contributed by atoms with Crippen LogP contribution in [0.3, 0.4) is 0 Å². The van der Waals surface area contributed by atoms with E-state index in [0.29, 0.717) is 0 Å². The lowest BCUT2D eigenvalue weighted by Gasteiger charge is -2.08. The smallest absolute Gasteiger partial charge is 0.191 e. The van der Waals surface area contributed by atoms with E-state index in [1.165, 1.54) is 16.0 Å². The van der Waals surface area contributed by atoms with Crippen molar-refractivity contribution in [3.05, 3.63) is 52.9 Å². The van der Waals surface area contributed by atoms with Crippen molar-refractivity contribution in [1.82, 2.24) is 14.8 Å². The largest absolute Gasteiger partial charge is 0.301 e. The maximum Gasteiger partial charge on any atom is 0.191 e. The number of nitrogens with zero attached hydrogens (tertiary/aromatic N) is 3. The first-order chi connectivity index (χ1) is 10.8. The number of aryl methyl sites for hydroxylation is 1. The van der Waals surface area contributed by atoms with Crippen molar-refractivity contribution in [2.75, 3.05) is 0 Å². The Morgan fingerprint density at radius 3 is 2.64 bits per heavy atom. The molecule has 2 aromatic heterocycles. The van der Waals surface area contributed by atoms with Gasteiger partial charge in [-0.25, -0.2) is 0 Å². The maximum absolute atomic E-state index is 4.41. The van der Waals surface area contributed by atoms with Gasteiger partial charge in [-0.2, -0.15) is 0 Å². The third-order valence-electron chi connectivity index (χ3n) is 3.39. The van der Waals surface area contributed by atoms with Gasteiger partial charge in [-0.15, -0.1) is 21.5 Å². The molecule has 0 fully saturated rings. The van der Waals surface area contributed by atoms with Crippen molar-refractivity contribution < 1.29 is 0 Å². The molecule has 0 amide bonds. The summed E-state index contributed by atoms with van der Waals surface area (Å²) in [5.74, 6) is 1.91. The number of benzene rings is 1. The van der Waals surface area contributed by atoms with Gasteiger partial charge in [0.1, 0.15) is 0 Å². The van der Waals surface area contributed by atoms with Crippen molar-refractivity contribution in [3.63, 3.8) is 0 Å². The van der Waals surface area contributed by atoms with Gasteiger partial charge in [0.15, 0.2) is 11.0 Å². The van der Waals surface area contributed by atoms with Crippen LogP contribution in [0.25, 0.3) is 10.7 Å². The van der Waals surface area contributed by atoms with Crippen LogP contribution in [0.1, 0.15) is 24.5 Å². The van der Waals surface area contributed by atoms with Crippen LogP contribution in [-0.4, -0.2) is 14.8 Å². The zero-order valence-electron chi connectivity index (χ0n) is 12.8. The van der Waals surface area contributed by atoms with Crippen molar-refractivity contribution >= 4 is 23.1 Å². The predicted molar refractivity (Wildman–Crippen MR) is 94.4 cm³/mol. The van der Waals surface area contributed by atoms with E-state index < -0.39 is 0 Å². The predicted octanol–water partition coefficient (Wildman–Crippen LogP) is 5.02. The van der Waals surface area contributed by atoms with Crippen LogP contribution < -0.4 is 0 Å². The molecule has 0 aliphatic heterocycles. The summed E-state index contributed by atoms with van der Waals surface area (Å²) in [5, 5.41) is 11.9. The molecule has 3 aromatic rings. The number of hydrogen-bond donors (Lipinski definition) is 0. The van der Waals surface area contributed by atoms with Crippen LogP contribution >= 0.6 is 23.1 Å². The highest BCUT2D eigenvalue weighted by Gasteiger charge is 2.14. The topological polar surface area (TPSA) is 30.7 Å². The Bertz CT molecular complexity index is 715. The molecule has 0 radical (unpaired) electrons. The summed E-state index contributed by atoms with van der Waals surface area (Å²) < 4.78 is 2.24. The molecular weight excluding hydrogens is 310 g/mol. The second-order valence-corrected chi connectivity index (χ2v) is 7.10. The second kappa shape index (κ2) is 7.11.